The van der Waals surface area contributed by atoms with Crippen LogP contribution in [0.2, 0.25) is 0 Å². The third-order valence-corrected chi connectivity index (χ3v) is 5.10. The van der Waals surface area contributed by atoms with E-state index in [9.17, 15) is 23.5 Å². The van der Waals surface area contributed by atoms with Gasteiger partial charge in [0.15, 0.2) is 0 Å². The molecule has 0 unspecified atom stereocenters. The molecule has 0 amide bonds. The number of carbonyl (C=O) groups excluding carboxylic acids is 1. The second-order valence-corrected chi connectivity index (χ2v) is 8.46. The van der Waals surface area contributed by atoms with Gasteiger partial charge in [0.05, 0.1) is 39.7 Å². The Balaban J connectivity index is 3.42. The third kappa shape index (κ3) is 4.81. The fourth-order valence-electron chi connectivity index (χ4n) is 1.95. The first-order chi connectivity index (χ1) is 10.9. The van der Waals surface area contributed by atoms with Gasteiger partial charge in [-0.25, -0.2) is 13.3 Å². The smallest absolute Gasteiger partial charge is 0.307 e. The molecule has 0 fully saturated rings. The van der Waals surface area contributed by atoms with Gasteiger partial charge in [0.2, 0.25) is 0 Å². The van der Waals surface area contributed by atoms with Crippen molar-refractivity contribution in [2.24, 2.45) is 0 Å². The molecule has 1 aromatic carbocycles. The van der Waals surface area contributed by atoms with E-state index in [1.54, 1.807) is 20.8 Å². The lowest BCUT2D eigenvalue weighted by atomic mass is 9.89. The summed E-state index contributed by atoms with van der Waals surface area (Å²) in [6.07, 6.45) is -0.344. The van der Waals surface area contributed by atoms with Crippen LogP contribution in [0.15, 0.2) is 18.2 Å². The van der Waals surface area contributed by atoms with E-state index in [1.165, 1.54) is 14.0 Å². The van der Waals surface area contributed by atoms with Crippen molar-refractivity contribution < 1.29 is 23.1 Å². The number of methoxy groups -OCH3 is 1. The Labute approximate surface area is 142 Å². The number of ether oxygens (including phenoxy) is 1. The van der Waals surface area contributed by atoms with Crippen LogP contribution >= 0.6 is 0 Å². The number of nitro benzene ring substituents is 1. The van der Waals surface area contributed by atoms with E-state index in [1.807, 2.05) is 0 Å². The maximum absolute atomic E-state index is 14.3. The molecule has 7 nitrogen and oxygen atoms in total. The average Bonchev–Trinajstić information content (AvgIpc) is 2.45. The van der Waals surface area contributed by atoms with Gasteiger partial charge >= 0.3 is 5.97 Å². The lowest BCUT2D eigenvalue weighted by Gasteiger charge is -2.33. The van der Waals surface area contributed by atoms with Crippen LogP contribution in [0.1, 0.15) is 39.7 Å². The lowest BCUT2D eigenvalue weighted by molar-refractivity contribution is -0.385. The molecular formula is C15H21FN2O5S. The molecule has 1 aromatic rings. The number of nitrogens with zero attached hydrogens (tertiary/aromatic N) is 1. The summed E-state index contributed by atoms with van der Waals surface area (Å²) in [5, 5.41) is 11.0. The molecule has 24 heavy (non-hydrogen) atoms. The van der Waals surface area contributed by atoms with Crippen LogP contribution in [0.5, 0.6) is 0 Å². The summed E-state index contributed by atoms with van der Waals surface area (Å²) < 4.78 is 33.4. The van der Waals surface area contributed by atoms with Crippen molar-refractivity contribution in [3.8, 4) is 0 Å². The van der Waals surface area contributed by atoms with Crippen LogP contribution in [0, 0.1) is 15.9 Å². The highest BCUT2D eigenvalue weighted by Gasteiger charge is 2.37. The van der Waals surface area contributed by atoms with E-state index in [2.05, 4.69) is 9.46 Å². The largest absolute Gasteiger partial charge is 0.469 e. The van der Waals surface area contributed by atoms with Crippen LogP contribution in [0.3, 0.4) is 0 Å². The molecule has 0 aromatic heterocycles. The van der Waals surface area contributed by atoms with Crippen molar-refractivity contribution in [1.82, 2.24) is 4.72 Å². The van der Waals surface area contributed by atoms with Crippen LogP contribution < -0.4 is 4.72 Å². The highest BCUT2D eigenvalue weighted by molar-refractivity contribution is 7.84. The highest BCUT2D eigenvalue weighted by atomic mass is 32.2. The third-order valence-electron chi connectivity index (χ3n) is 3.35. The predicted octanol–water partition coefficient (Wildman–Crippen LogP) is 2.56. The van der Waals surface area contributed by atoms with Gasteiger partial charge in [0.1, 0.15) is 5.82 Å². The molecular weight excluding hydrogens is 339 g/mol. The van der Waals surface area contributed by atoms with Crippen molar-refractivity contribution in [2.75, 3.05) is 7.11 Å². The maximum atomic E-state index is 14.3. The Hall–Kier alpha value is -1.87. The zero-order valence-electron chi connectivity index (χ0n) is 14.2. The van der Waals surface area contributed by atoms with E-state index >= 15 is 0 Å². The molecule has 0 radical (unpaired) electrons. The van der Waals surface area contributed by atoms with E-state index in [0.717, 1.165) is 18.2 Å². The number of rotatable bonds is 6. The zero-order valence-corrected chi connectivity index (χ0v) is 15.0. The standard InChI is InChI=1S/C15H21FN2O5S/c1-14(2,3)24(22)17-15(4,9-13(19)23-5)11-8-10(18(20)21)6-7-12(11)16/h6-8,17H,9H2,1-5H3/t15-,24-/m0/s1. The maximum Gasteiger partial charge on any atom is 0.307 e. The van der Waals surface area contributed by atoms with Crippen molar-refractivity contribution in [1.29, 1.82) is 0 Å². The molecule has 134 valence electrons. The van der Waals surface area contributed by atoms with Crippen molar-refractivity contribution in [3.63, 3.8) is 0 Å². The minimum atomic E-state index is -1.65. The zero-order chi connectivity index (χ0) is 18.7. The monoisotopic (exact) mass is 360 g/mol. The predicted molar refractivity (Wildman–Crippen MR) is 88.1 cm³/mol. The second kappa shape index (κ2) is 7.35. The summed E-state index contributed by atoms with van der Waals surface area (Å²) in [5.74, 6) is -1.41. The number of nitrogens with one attached hydrogen (secondary N) is 1. The summed E-state index contributed by atoms with van der Waals surface area (Å²) in [6, 6.07) is 3.01. The van der Waals surface area contributed by atoms with Gasteiger partial charge in [-0.15, -0.1) is 0 Å². The summed E-state index contributed by atoms with van der Waals surface area (Å²) in [5.41, 5.74) is -1.90. The second-order valence-electron chi connectivity index (χ2n) is 6.49. The molecule has 0 aliphatic rings. The number of benzene rings is 1. The Kier molecular flexibility index (Phi) is 6.18. The van der Waals surface area contributed by atoms with Crippen molar-refractivity contribution >= 4 is 22.6 Å². The highest BCUT2D eigenvalue weighted by Crippen LogP contribution is 2.32. The first kappa shape index (κ1) is 20.2. The molecule has 0 saturated carbocycles. The molecule has 0 spiro atoms. The molecule has 0 aliphatic heterocycles. The van der Waals surface area contributed by atoms with E-state index < -0.39 is 38.0 Å². The number of hydrogen-bond acceptors (Lipinski definition) is 5. The SMILES string of the molecule is COC(=O)C[C@](C)(N[S@@](=O)C(C)(C)C)c1cc([N+](=O)[O-])ccc1F. The Morgan fingerprint density at radius 3 is 2.42 bits per heavy atom. The van der Waals surface area contributed by atoms with Crippen LogP contribution in [-0.4, -0.2) is 27.0 Å². The number of esters is 1. The molecule has 9 heteroatoms. The van der Waals surface area contributed by atoms with Gasteiger partial charge in [-0.1, -0.05) is 0 Å². The van der Waals surface area contributed by atoms with Gasteiger partial charge in [0, 0.05) is 17.7 Å². The summed E-state index contributed by atoms with van der Waals surface area (Å²) >= 11 is 0. The Bertz CT molecular complexity index is 674. The minimum Gasteiger partial charge on any atom is -0.469 e. The number of hydrogen-bond donors (Lipinski definition) is 1. The molecule has 0 heterocycles. The quantitative estimate of drug-likeness (QED) is 0.477. The summed E-state index contributed by atoms with van der Waals surface area (Å²) in [6.45, 7) is 6.57. The molecule has 0 bridgehead atoms. The Morgan fingerprint density at radius 1 is 1.38 bits per heavy atom. The van der Waals surface area contributed by atoms with Crippen LogP contribution in [0.25, 0.3) is 0 Å². The lowest BCUT2D eigenvalue weighted by Crippen LogP contribution is -2.48. The number of halogens is 1. The topological polar surface area (TPSA) is 98.5 Å². The van der Waals surface area contributed by atoms with E-state index in [0.29, 0.717) is 0 Å². The molecule has 1 rings (SSSR count). The average molecular weight is 360 g/mol. The van der Waals surface area contributed by atoms with Gasteiger partial charge in [-0.05, 0) is 33.8 Å². The molecule has 1 N–H and O–H groups in total. The normalized spacial score (nSPS) is 15.4. The summed E-state index contributed by atoms with van der Waals surface area (Å²) in [4.78, 5) is 22.0. The van der Waals surface area contributed by atoms with Crippen molar-refractivity contribution in [3.05, 3.63) is 39.7 Å². The summed E-state index contributed by atoms with van der Waals surface area (Å²) in [7, 11) is -0.472. The van der Waals surface area contributed by atoms with Gasteiger partial charge in [-0.2, -0.15) is 0 Å². The van der Waals surface area contributed by atoms with E-state index in [4.69, 9.17) is 0 Å². The van der Waals surface area contributed by atoms with Gasteiger partial charge in [0.25, 0.3) is 5.69 Å². The van der Waals surface area contributed by atoms with Crippen molar-refractivity contribution in [2.45, 2.75) is 44.4 Å². The van der Waals surface area contributed by atoms with Gasteiger partial charge < -0.3 is 4.74 Å². The number of carbonyl (C=O) groups is 1. The minimum absolute atomic E-state index is 0.125. The molecule has 0 aliphatic carbocycles. The van der Waals surface area contributed by atoms with E-state index in [-0.39, 0.29) is 17.7 Å². The van der Waals surface area contributed by atoms with Crippen LogP contribution in [0.4, 0.5) is 10.1 Å². The molecule has 2 atom stereocenters. The fraction of sp³-hybridized carbons (Fsp3) is 0.533. The first-order valence-corrected chi connectivity index (χ1v) is 8.26. The fourth-order valence-corrected chi connectivity index (χ4v) is 2.85. The first-order valence-electron chi connectivity index (χ1n) is 7.11. The number of nitro groups is 1. The number of non-ortho nitro benzene ring substituents is 1. The van der Waals surface area contributed by atoms with Crippen LogP contribution in [-0.2, 0) is 26.1 Å². The Morgan fingerprint density at radius 2 is 1.96 bits per heavy atom. The van der Waals surface area contributed by atoms with Gasteiger partial charge in [-0.3, -0.25) is 14.9 Å². The molecule has 0 saturated heterocycles.